The average molecular weight is 878 g/mol. The van der Waals surface area contributed by atoms with Crippen molar-refractivity contribution in [2.75, 3.05) is 48.8 Å². The van der Waals surface area contributed by atoms with E-state index in [2.05, 4.69) is 4.90 Å². The third-order valence-corrected chi connectivity index (χ3v) is 16.0. The van der Waals surface area contributed by atoms with Gasteiger partial charge in [0.05, 0.1) is 41.5 Å². The van der Waals surface area contributed by atoms with E-state index in [0.29, 0.717) is 12.8 Å². The summed E-state index contributed by atoms with van der Waals surface area (Å²) in [5.41, 5.74) is -3.20. The summed E-state index contributed by atoms with van der Waals surface area (Å²) in [6.45, 7) is 19.0. The van der Waals surface area contributed by atoms with Crippen molar-refractivity contribution >= 4 is 39.3 Å². The van der Waals surface area contributed by atoms with E-state index in [-0.39, 0.29) is 30.5 Å². The summed E-state index contributed by atoms with van der Waals surface area (Å²) in [6, 6.07) is -0.0278. The fraction of sp³-hybridized carbons (Fsp3) is 0.930. The molecule has 0 spiro atoms. The molecule has 19 atom stereocenters. The van der Waals surface area contributed by atoms with Crippen LogP contribution in [0.4, 0.5) is 0 Å². The van der Waals surface area contributed by atoms with Crippen LogP contribution in [0.25, 0.3) is 0 Å². The van der Waals surface area contributed by atoms with Crippen LogP contribution >= 0.6 is 21.6 Å². The number of ether oxygens (including phenoxy) is 10. The normalized spacial score (nSPS) is 46.7. The Bertz CT molecular complexity index is 1430. The Hall–Kier alpha value is -1.05. The maximum absolute atomic E-state index is 14.8. The fourth-order valence-electron chi connectivity index (χ4n) is 10.6. The molecule has 59 heavy (non-hydrogen) atoms. The van der Waals surface area contributed by atoms with Crippen LogP contribution in [0.1, 0.15) is 94.9 Å². The molecule has 342 valence electrons. The van der Waals surface area contributed by atoms with Gasteiger partial charge in [-0.3, -0.25) is 14.4 Å². The minimum absolute atomic E-state index is 0.0278. The van der Waals surface area contributed by atoms with Gasteiger partial charge in [0.2, 0.25) is 0 Å². The number of esters is 2. The number of ketones is 1. The molecule has 0 N–H and O–H groups in total. The van der Waals surface area contributed by atoms with Gasteiger partial charge >= 0.3 is 11.9 Å². The summed E-state index contributed by atoms with van der Waals surface area (Å²) in [5, 5.41) is -0.655. The molecule has 0 aromatic rings. The van der Waals surface area contributed by atoms with E-state index >= 15 is 0 Å². The zero-order valence-corrected chi connectivity index (χ0v) is 40.3. The van der Waals surface area contributed by atoms with E-state index < -0.39 is 107 Å². The molecule has 2 unspecified atom stereocenters. The predicted molar refractivity (Wildman–Crippen MR) is 227 cm³/mol. The Morgan fingerprint density at radius 3 is 1.97 bits per heavy atom. The molecule has 0 aromatic carbocycles. The Morgan fingerprint density at radius 1 is 0.797 bits per heavy atom. The molecule has 0 aliphatic carbocycles. The van der Waals surface area contributed by atoms with Gasteiger partial charge in [-0.25, -0.2) is 0 Å². The molecule has 14 nitrogen and oxygen atoms in total. The van der Waals surface area contributed by atoms with Crippen LogP contribution in [-0.4, -0.2) is 155 Å². The van der Waals surface area contributed by atoms with E-state index in [1.807, 2.05) is 75.7 Å². The molecule has 4 saturated heterocycles. The van der Waals surface area contributed by atoms with Crippen LogP contribution in [0, 0.1) is 29.6 Å². The van der Waals surface area contributed by atoms with Gasteiger partial charge in [0.25, 0.3) is 0 Å². The number of cyclic esters (lactones) is 1. The average Bonchev–Trinajstić information content (AvgIpc) is 3.44. The third-order valence-electron chi connectivity index (χ3n) is 13.9. The van der Waals surface area contributed by atoms with Crippen molar-refractivity contribution in [3.05, 3.63) is 0 Å². The minimum atomic E-state index is -1.28. The Kier molecular flexibility index (Phi) is 17.7. The van der Waals surface area contributed by atoms with Crippen molar-refractivity contribution in [3.8, 4) is 0 Å². The molecular formula is C43H75NO13S2. The highest BCUT2D eigenvalue weighted by atomic mass is 33.1. The van der Waals surface area contributed by atoms with E-state index in [0.717, 1.165) is 6.42 Å². The fourth-order valence-corrected chi connectivity index (χ4v) is 12.8. The summed E-state index contributed by atoms with van der Waals surface area (Å²) >= 11 is 0. The number of hydrogen-bond acceptors (Lipinski definition) is 16. The van der Waals surface area contributed by atoms with Crippen molar-refractivity contribution < 1.29 is 61.8 Å². The van der Waals surface area contributed by atoms with E-state index in [9.17, 15) is 14.4 Å². The lowest BCUT2D eigenvalue weighted by molar-refractivity contribution is -0.322. The molecule has 4 heterocycles. The van der Waals surface area contributed by atoms with Gasteiger partial charge in [0.15, 0.2) is 18.2 Å². The number of likely N-dealkylation sites (N-methyl/N-ethyl adjacent to an activating group) is 1. The lowest BCUT2D eigenvalue weighted by atomic mass is 9.70. The number of carbonyl (C=O) groups is 3. The molecular weight excluding hydrogens is 803 g/mol. The van der Waals surface area contributed by atoms with Crippen molar-refractivity contribution in [1.82, 2.24) is 4.90 Å². The first-order valence-corrected chi connectivity index (χ1v) is 23.8. The van der Waals surface area contributed by atoms with E-state index in [1.54, 1.807) is 42.3 Å². The lowest BCUT2D eigenvalue weighted by Crippen LogP contribution is -2.61. The van der Waals surface area contributed by atoms with Crippen LogP contribution < -0.4 is 0 Å². The summed E-state index contributed by atoms with van der Waals surface area (Å²) in [4.78, 5) is 45.4. The molecule has 4 aliphatic rings. The minimum Gasteiger partial charge on any atom is -0.458 e. The molecule has 0 aromatic heterocycles. The van der Waals surface area contributed by atoms with Crippen LogP contribution in [-0.2, 0) is 61.8 Å². The first-order valence-electron chi connectivity index (χ1n) is 21.2. The van der Waals surface area contributed by atoms with E-state index in [4.69, 9.17) is 47.4 Å². The predicted octanol–water partition coefficient (Wildman–Crippen LogP) is 5.95. The molecule has 4 fully saturated rings. The quantitative estimate of drug-likeness (QED) is 0.168. The first kappa shape index (κ1) is 50.6. The van der Waals surface area contributed by atoms with Gasteiger partial charge in [-0.05, 0) is 81.2 Å². The number of rotatable bonds is 12. The van der Waals surface area contributed by atoms with Gasteiger partial charge in [0.1, 0.15) is 29.3 Å². The van der Waals surface area contributed by atoms with Crippen molar-refractivity contribution in [3.63, 3.8) is 0 Å². The van der Waals surface area contributed by atoms with Gasteiger partial charge < -0.3 is 52.3 Å². The van der Waals surface area contributed by atoms with Crippen molar-refractivity contribution in [2.24, 2.45) is 29.6 Å². The number of nitrogens with zero attached hydrogens (tertiary/aromatic N) is 1. The summed E-state index contributed by atoms with van der Waals surface area (Å²) in [6.07, 6.45) is -2.18. The Balaban J connectivity index is 1.92. The van der Waals surface area contributed by atoms with Crippen LogP contribution in [0.5, 0.6) is 0 Å². The number of methoxy groups -OCH3 is 4. The van der Waals surface area contributed by atoms with Crippen LogP contribution in [0.3, 0.4) is 0 Å². The summed E-state index contributed by atoms with van der Waals surface area (Å²) in [7, 11) is 13.3. The number of Topliss-reactive ketones (excluding diaryl/α,β-unsaturated/α-hetero) is 1. The van der Waals surface area contributed by atoms with Crippen molar-refractivity contribution in [1.29, 1.82) is 0 Å². The molecule has 0 amide bonds. The molecule has 0 radical (unpaired) electrons. The molecule has 4 rings (SSSR count). The second kappa shape index (κ2) is 20.6. The number of hydrogen-bond donors (Lipinski definition) is 0. The van der Waals surface area contributed by atoms with Crippen molar-refractivity contribution in [2.45, 2.75) is 178 Å². The van der Waals surface area contributed by atoms with Gasteiger partial charge in [-0.1, -0.05) is 49.3 Å². The maximum Gasteiger partial charge on any atom is 0.321 e. The summed E-state index contributed by atoms with van der Waals surface area (Å²) in [5.74, 6) is -4.31. The first-order chi connectivity index (χ1) is 27.6. The van der Waals surface area contributed by atoms with Gasteiger partial charge in [-0.2, -0.15) is 0 Å². The largest absolute Gasteiger partial charge is 0.458 e. The van der Waals surface area contributed by atoms with E-state index in [1.165, 1.54) is 21.6 Å². The Labute approximate surface area is 361 Å². The molecule has 0 bridgehead atoms. The zero-order chi connectivity index (χ0) is 44.4. The zero-order valence-electron chi connectivity index (χ0n) is 38.6. The topological polar surface area (TPSA) is 147 Å². The number of carbonyl (C=O) groups excluding carboxylic acids is 3. The second-order valence-corrected chi connectivity index (χ2v) is 20.8. The standard InChI is InChI=1S/C43H75NO13S2/c1-18-29-43(10)31(35(59-58-17)39(47)57-43)24(4)32(45)22(2)20-41(8,50-15)36(56-40-34(48-13)28(44(11)12)19-23(3)52-40)25(5)33(26(6)38(46)54-29)55-30-21-42(9,51-16)37(49-14)27(7)53-30/h22-31,33-37,40H,18-21H2,1-17H3/t22-,23-,24?,25+,26-,27+,28+,29-,30+,31+,33+,34-,35?,36-,37+,40+,41-,42-,43-/m1/s1. The highest BCUT2D eigenvalue weighted by Gasteiger charge is 2.62. The van der Waals surface area contributed by atoms with Crippen LogP contribution in [0.2, 0.25) is 0 Å². The highest BCUT2D eigenvalue weighted by Crippen LogP contribution is 2.51. The monoisotopic (exact) mass is 877 g/mol. The number of fused-ring (bicyclic) bond motifs is 1. The maximum atomic E-state index is 14.8. The smallest absolute Gasteiger partial charge is 0.321 e. The second-order valence-electron chi connectivity index (χ2n) is 18.2. The molecule has 0 saturated carbocycles. The SMILES string of the molecule is CC[C@H]1OC(=O)[C@H](C)[C@@H](O[C@H]2C[C@@](C)(OC)[C@@H](OC)[C@H](C)O2)[C@H](C)[C@@H](O[C@@H]2O[C@H](C)C[C@H](N(C)C)[C@H]2OC)[C@](C)(OC)C[C@@H](C)C(=O)C(C)[C@H]2C(SSC)C(=O)O[C@@]21C. The lowest BCUT2D eigenvalue weighted by Gasteiger charge is -2.50. The van der Waals surface area contributed by atoms with Gasteiger partial charge in [0, 0.05) is 64.6 Å². The molecule has 16 heteroatoms. The van der Waals surface area contributed by atoms with Crippen LogP contribution in [0.15, 0.2) is 0 Å². The third kappa shape index (κ3) is 10.3. The highest BCUT2D eigenvalue weighted by molar-refractivity contribution is 8.76. The molecule has 4 aliphatic heterocycles. The van der Waals surface area contributed by atoms with Gasteiger partial charge in [-0.15, -0.1) is 0 Å². The summed E-state index contributed by atoms with van der Waals surface area (Å²) < 4.78 is 64.4. The Morgan fingerprint density at radius 2 is 1.42 bits per heavy atom.